The van der Waals surface area contributed by atoms with Crippen molar-refractivity contribution in [1.29, 1.82) is 0 Å². The van der Waals surface area contributed by atoms with Crippen molar-refractivity contribution in [3.05, 3.63) is 79.0 Å². The zero-order valence-corrected chi connectivity index (χ0v) is 29.6. The summed E-state index contributed by atoms with van der Waals surface area (Å²) in [7, 11) is 0. The highest BCUT2D eigenvalue weighted by atomic mass is 35.5. The first-order valence-corrected chi connectivity index (χ1v) is 16.2. The van der Waals surface area contributed by atoms with Crippen molar-refractivity contribution < 1.29 is 14.3 Å². The molecule has 45 heavy (non-hydrogen) atoms. The van der Waals surface area contributed by atoms with Gasteiger partial charge in [0.1, 0.15) is 11.5 Å². The fraction of sp³-hybridized carbons (Fsp3) is 0.406. The molecule has 1 amide bonds. The van der Waals surface area contributed by atoms with E-state index in [0.717, 1.165) is 35.4 Å². The minimum atomic E-state index is -0.0970. The van der Waals surface area contributed by atoms with Gasteiger partial charge in [-0.2, -0.15) is 10.2 Å². The van der Waals surface area contributed by atoms with Crippen LogP contribution in [0.4, 0.5) is 0 Å². The Balaban J connectivity index is 0.000000248. The first kappa shape index (κ1) is 36.5. The van der Waals surface area contributed by atoms with Gasteiger partial charge in [0, 0.05) is 44.7 Å². The lowest BCUT2D eigenvalue weighted by molar-refractivity contribution is -0.119. The van der Waals surface area contributed by atoms with Crippen molar-refractivity contribution in [3.63, 3.8) is 0 Å². The molecule has 0 spiro atoms. The van der Waals surface area contributed by atoms with Crippen LogP contribution in [-0.4, -0.2) is 25.5 Å². The molecule has 0 unspecified atom stereocenters. The van der Waals surface area contributed by atoms with Gasteiger partial charge in [0.25, 0.3) is 0 Å². The van der Waals surface area contributed by atoms with Crippen molar-refractivity contribution in [3.8, 4) is 23.3 Å². The topological polar surface area (TPSA) is 109 Å². The number of rotatable bonds is 11. The van der Waals surface area contributed by atoms with Crippen molar-refractivity contribution in [2.75, 3.05) is 0 Å². The molecule has 2 aromatic heterocycles. The molecule has 0 bridgehead atoms. The number of nitrogens with one attached hydrogen (secondary N) is 1. The van der Waals surface area contributed by atoms with Crippen LogP contribution in [0.15, 0.2) is 36.4 Å². The number of hydrogen-bond donors (Lipinski definition) is 2. The van der Waals surface area contributed by atoms with E-state index in [2.05, 4.69) is 22.4 Å². The molecule has 0 aliphatic heterocycles. The predicted octanol–water partition coefficient (Wildman–Crippen LogP) is 9.35. The Bertz CT molecular complexity index is 1580. The second-order valence-corrected chi connectivity index (χ2v) is 12.5. The summed E-state index contributed by atoms with van der Waals surface area (Å²) in [5.74, 6) is 2.39. The smallest absolute Gasteiger partial charge is 0.221 e. The van der Waals surface area contributed by atoms with Crippen LogP contribution >= 0.6 is 46.4 Å². The fourth-order valence-corrected chi connectivity index (χ4v) is 5.55. The second kappa shape index (κ2) is 16.6. The number of carbonyl (C=O) groups excluding carboxylic acids is 1. The highest BCUT2D eigenvalue weighted by Gasteiger charge is 2.22. The molecule has 4 aromatic rings. The van der Waals surface area contributed by atoms with Gasteiger partial charge in [-0.05, 0) is 76.9 Å². The molecular weight excluding hydrogens is 658 g/mol. The van der Waals surface area contributed by atoms with Crippen LogP contribution in [0.1, 0.15) is 83.1 Å². The minimum Gasteiger partial charge on any atom is -0.439 e. The van der Waals surface area contributed by atoms with Gasteiger partial charge in [-0.25, -0.2) is 9.36 Å². The summed E-state index contributed by atoms with van der Waals surface area (Å²) in [6, 6.07) is 10.5. The number of ether oxygens (including phenoxy) is 2. The lowest BCUT2D eigenvalue weighted by Gasteiger charge is -2.13. The van der Waals surface area contributed by atoms with Crippen molar-refractivity contribution in [2.45, 2.75) is 86.5 Å². The average molecular weight is 699 g/mol. The number of amides is 1. The molecular formula is C32H40Cl4N6O3. The minimum absolute atomic E-state index is 0.0970. The molecule has 0 aliphatic carbocycles. The Hall–Kier alpha value is -2.95. The van der Waals surface area contributed by atoms with Crippen molar-refractivity contribution >= 4 is 52.3 Å². The number of halogens is 4. The van der Waals surface area contributed by atoms with E-state index in [4.69, 9.17) is 61.6 Å². The van der Waals surface area contributed by atoms with Gasteiger partial charge in [-0.1, -0.05) is 60.3 Å². The van der Waals surface area contributed by atoms with E-state index in [9.17, 15) is 4.79 Å². The van der Waals surface area contributed by atoms with Crippen LogP contribution < -0.4 is 20.5 Å². The molecule has 0 saturated heterocycles. The quantitative estimate of drug-likeness (QED) is 0.162. The Morgan fingerprint density at radius 3 is 1.47 bits per heavy atom. The van der Waals surface area contributed by atoms with Crippen LogP contribution in [-0.2, 0) is 30.7 Å². The van der Waals surface area contributed by atoms with Gasteiger partial charge in [-0.15, -0.1) is 0 Å². The van der Waals surface area contributed by atoms with E-state index < -0.39 is 0 Å². The normalized spacial score (nSPS) is 11.1. The Labute approximate surface area is 284 Å². The van der Waals surface area contributed by atoms with Crippen molar-refractivity contribution in [1.82, 2.24) is 24.9 Å². The summed E-state index contributed by atoms with van der Waals surface area (Å²) < 4.78 is 15.7. The summed E-state index contributed by atoms with van der Waals surface area (Å²) in [6.45, 7) is 14.4. The zero-order valence-electron chi connectivity index (χ0n) is 26.6. The van der Waals surface area contributed by atoms with E-state index in [1.54, 1.807) is 36.4 Å². The largest absolute Gasteiger partial charge is 0.439 e. The number of nitrogens with zero attached hydrogens (tertiary/aromatic N) is 4. The molecule has 4 rings (SSSR count). The number of hydrogen-bond acceptors (Lipinski definition) is 6. The molecule has 0 saturated carbocycles. The molecule has 244 valence electrons. The molecule has 0 radical (unpaired) electrons. The maximum Gasteiger partial charge on any atom is 0.221 e. The van der Waals surface area contributed by atoms with E-state index in [1.165, 1.54) is 6.92 Å². The van der Waals surface area contributed by atoms with Crippen LogP contribution in [0.25, 0.3) is 0 Å². The first-order valence-electron chi connectivity index (χ1n) is 14.7. The molecule has 9 nitrogen and oxygen atoms in total. The third-order valence-electron chi connectivity index (χ3n) is 6.57. The maximum absolute atomic E-state index is 11.2. The zero-order chi connectivity index (χ0) is 33.4. The summed E-state index contributed by atoms with van der Waals surface area (Å²) in [6.07, 6.45) is 1.52. The third-order valence-corrected chi connectivity index (χ3v) is 7.44. The van der Waals surface area contributed by atoms with Crippen LogP contribution in [0, 0.1) is 0 Å². The number of nitrogens with two attached hydrogens (primary N) is 1. The summed E-state index contributed by atoms with van der Waals surface area (Å²) in [4.78, 5) is 11.2. The molecule has 3 N–H and O–H groups in total. The molecule has 2 aromatic carbocycles. The van der Waals surface area contributed by atoms with Gasteiger partial charge < -0.3 is 20.5 Å². The molecule has 0 atom stereocenters. The maximum atomic E-state index is 11.2. The highest BCUT2D eigenvalue weighted by Crippen LogP contribution is 2.35. The Kier molecular flexibility index (Phi) is 13.4. The lowest BCUT2D eigenvalue weighted by Crippen LogP contribution is -2.20. The summed E-state index contributed by atoms with van der Waals surface area (Å²) in [5.41, 5.74) is 9.40. The Morgan fingerprint density at radius 1 is 0.756 bits per heavy atom. The molecule has 2 heterocycles. The van der Waals surface area contributed by atoms with Gasteiger partial charge in [0.2, 0.25) is 17.7 Å². The van der Waals surface area contributed by atoms with Gasteiger partial charge in [0.15, 0.2) is 0 Å². The number of aromatic nitrogens is 4. The van der Waals surface area contributed by atoms with Gasteiger partial charge >= 0.3 is 0 Å². The SMILES string of the molecule is CCc1c(CN)nn(C(C)C)c1Oc1cc(Cl)cc(Cl)c1.CCc1c(CNC(C)=O)nn(C(C)C)c1Oc1cc(Cl)cc(Cl)c1. The summed E-state index contributed by atoms with van der Waals surface area (Å²) in [5, 5.41) is 14.0. The lowest BCUT2D eigenvalue weighted by atomic mass is 10.2. The van der Waals surface area contributed by atoms with E-state index in [-0.39, 0.29) is 18.0 Å². The van der Waals surface area contributed by atoms with E-state index in [0.29, 0.717) is 56.4 Å². The second-order valence-electron chi connectivity index (χ2n) is 10.8. The van der Waals surface area contributed by atoms with Crippen LogP contribution in [0.3, 0.4) is 0 Å². The fourth-order valence-electron chi connectivity index (χ4n) is 4.53. The first-order chi connectivity index (χ1) is 21.3. The molecule has 0 aliphatic rings. The number of benzene rings is 2. The number of carbonyl (C=O) groups is 1. The van der Waals surface area contributed by atoms with Gasteiger partial charge in [0.05, 0.1) is 30.0 Å². The van der Waals surface area contributed by atoms with E-state index in [1.807, 2.05) is 44.0 Å². The average Bonchev–Trinajstić information content (AvgIpc) is 3.48. The monoisotopic (exact) mass is 696 g/mol. The standard InChI is InChI=1S/C17H21Cl2N3O2.C15H19Cl2N3O/c1-5-15-16(9-20-11(4)23)21-22(10(2)3)17(15)24-14-7-12(18)6-13(19)8-14;1-4-13-14(8-18)19-20(9(2)3)15(13)21-12-6-10(16)5-11(17)7-12/h6-8,10H,5,9H2,1-4H3,(H,20,23);5-7,9H,4,8,18H2,1-3H3. The third kappa shape index (κ3) is 9.77. The van der Waals surface area contributed by atoms with Crippen molar-refractivity contribution in [2.24, 2.45) is 5.73 Å². The van der Waals surface area contributed by atoms with Gasteiger partial charge in [-0.3, -0.25) is 4.79 Å². The van der Waals surface area contributed by atoms with Crippen LogP contribution in [0.2, 0.25) is 20.1 Å². The predicted molar refractivity (Wildman–Crippen MR) is 182 cm³/mol. The van der Waals surface area contributed by atoms with E-state index >= 15 is 0 Å². The highest BCUT2D eigenvalue weighted by molar-refractivity contribution is 6.35. The molecule has 0 fully saturated rings. The Morgan fingerprint density at radius 2 is 1.13 bits per heavy atom. The molecule has 13 heteroatoms. The van der Waals surface area contributed by atoms with Crippen LogP contribution in [0.5, 0.6) is 23.3 Å². The summed E-state index contributed by atoms with van der Waals surface area (Å²) >= 11 is 24.1.